The monoisotopic (exact) mass is 327 g/mol. The van der Waals surface area contributed by atoms with Gasteiger partial charge >= 0.3 is 0 Å². The molecular formula is C13H18BrN3O2. The maximum atomic E-state index is 12.6. The molecule has 1 aromatic heterocycles. The number of piperazine rings is 1. The van der Waals surface area contributed by atoms with Crippen molar-refractivity contribution in [2.45, 2.75) is 32.9 Å². The molecule has 1 aromatic rings. The predicted octanol–water partition coefficient (Wildman–Crippen LogP) is 1.79. The zero-order valence-electron chi connectivity index (χ0n) is 11.3. The van der Waals surface area contributed by atoms with Crippen LogP contribution >= 0.6 is 15.9 Å². The van der Waals surface area contributed by atoms with Crippen LogP contribution in [-0.4, -0.2) is 40.4 Å². The summed E-state index contributed by atoms with van der Waals surface area (Å²) in [6.07, 6.45) is 1.90. The summed E-state index contributed by atoms with van der Waals surface area (Å²) in [4.78, 5) is 25.9. The zero-order valence-corrected chi connectivity index (χ0v) is 12.9. The first-order chi connectivity index (χ1) is 8.91. The molecule has 1 N–H and O–H groups in total. The van der Waals surface area contributed by atoms with E-state index >= 15 is 0 Å². The van der Waals surface area contributed by atoms with Gasteiger partial charge in [0, 0.05) is 29.8 Å². The number of hydrogen-bond acceptors (Lipinski definition) is 2. The fraction of sp³-hybridized carbons (Fsp3) is 0.538. The largest absolute Gasteiger partial charge is 0.353 e. The van der Waals surface area contributed by atoms with Crippen LogP contribution in [0.5, 0.6) is 0 Å². The van der Waals surface area contributed by atoms with Crippen molar-refractivity contribution in [1.29, 1.82) is 0 Å². The van der Waals surface area contributed by atoms with Crippen LogP contribution in [0.25, 0.3) is 0 Å². The van der Waals surface area contributed by atoms with Crippen molar-refractivity contribution in [3.05, 3.63) is 22.4 Å². The predicted molar refractivity (Wildman–Crippen MR) is 76.0 cm³/mol. The standard InChI is InChI=1S/C13H18BrN3O2/c1-8(2)17-7-10(14)6-11(17)13(19)16-5-4-15-12(18)9(16)3/h6-9H,4-5H2,1-3H3,(H,15,18). The smallest absolute Gasteiger partial charge is 0.271 e. The fourth-order valence-electron chi connectivity index (χ4n) is 2.25. The van der Waals surface area contributed by atoms with E-state index in [1.807, 2.05) is 30.7 Å². The summed E-state index contributed by atoms with van der Waals surface area (Å²) >= 11 is 3.40. The molecule has 1 aliphatic heterocycles. The Hall–Kier alpha value is -1.30. The molecular weight excluding hydrogens is 310 g/mol. The molecule has 6 heteroatoms. The Balaban J connectivity index is 2.31. The molecule has 2 rings (SSSR count). The van der Waals surface area contributed by atoms with Crippen LogP contribution in [0.2, 0.25) is 0 Å². The Morgan fingerprint density at radius 1 is 1.53 bits per heavy atom. The number of amides is 2. The fourth-order valence-corrected chi connectivity index (χ4v) is 2.69. The van der Waals surface area contributed by atoms with Crippen LogP contribution in [0.4, 0.5) is 0 Å². The number of carbonyl (C=O) groups excluding carboxylic acids is 2. The number of nitrogens with zero attached hydrogens (tertiary/aromatic N) is 2. The van der Waals surface area contributed by atoms with Crippen LogP contribution in [0.1, 0.15) is 37.3 Å². The lowest BCUT2D eigenvalue weighted by atomic mass is 10.2. The third-order valence-electron chi connectivity index (χ3n) is 3.35. The molecule has 0 bridgehead atoms. The quantitative estimate of drug-likeness (QED) is 0.900. The average Bonchev–Trinajstić information content (AvgIpc) is 2.74. The number of aromatic nitrogens is 1. The Morgan fingerprint density at radius 2 is 2.21 bits per heavy atom. The summed E-state index contributed by atoms with van der Waals surface area (Å²) in [5.41, 5.74) is 0.614. The number of hydrogen-bond donors (Lipinski definition) is 1. The minimum Gasteiger partial charge on any atom is -0.353 e. The molecule has 2 amide bonds. The van der Waals surface area contributed by atoms with E-state index in [0.29, 0.717) is 18.8 Å². The second-order valence-electron chi connectivity index (χ2n) is 5.01. The van der Waals surface area contributed by atoms with Gasteiger partial charge in [-0.15, -0.1) is 0 Å². The van der Waals surface area contributed by atoms with Gasteiger partial charge in [0.25, 0.3) is 5.91 Å². The van der Waals surface area contributed by atoms with Gasteiger partial charge in [0.1, 0.15) is 11.7 Å². The van der Waals surface area contributed by atoms with Gasteiger partial charge < -0.3 is 14.8 Å². The highest BCUT2D eigenvalue weighted by atomic mass is 79.9. The van der Waals surface area contributed by atoms with Gasteiger partial charge in [-0.1, -0.05) is 0 Å². The van der Waals surface area contributed by atoms with Gasteiger partial charge in [0.05, 0.1) is 0 Å². The topological polar surface area (TPSA) is 54.3 Å². The first-order valence-electron chi connectivity index (χ1n) is 6.38. The molecule has 1 unspecified atom stereocenters. The van der Waals surface area contributed by atoms with Gasteiger partial charge in [0.15, 0.2) is 0 Å². The highest BCUT2D eigenvalue weighted by molar-refractivity contribution is 9.10. The minimum absolute atomic E-state index is 0.0956. The van der Waals surface area contributed by atoms with Crippen LogP contribution in [-0.2, 0) is 4.79 Å². The van der Waals surface area contributed by atoms with Crippen molar-refractivity contribution in [2.24, 2.45) is 0 Å². The van der Waals surface area contributed by atoms with E-state index in [-0.39, 0.29) is 17.9 Å². The summed E-state index contributed by atoms with van der Waals surface area (Å²) in [6, 6.07) is 1.58. The van der Waals surface area contributed by atoms with Crippen molar-refractivity contribution in [1.82, 2.24) is 14.8 Å². The average molecular weight is 328 g/mol. The molecule has 0 radical (unpaired) electrons. The number of rotatable bonds is 2. The maximum Gasteiger partial charge on any atom is 0.271 e. The molecule has 104 valence electrons. The van der Waals surface area contributed by atoms with Crippen LogP contribution in [0, 0.1) is 0 Å². The normalized spacial score (nSPS) is 19.7. The van der Waals surface area contributed by atoms with Gasteiger partial charge in [-0.05, 0) is 42.8 Å². The van der Waals surface area contributed by atoms with Crippen LogP contribution < -0.4 is 5.32 Å². The van der Waals surface area contributed by atoms with Crippen molar-refractivity contribution < 1.29 is 9.59 Å². The van der Waals surface area contributed by atoms with E-state index in [0.717, 1.165) is 4.47 Å². The van der Waals surface area contributed by atoms with Crippen molar-refractivity contribution in [3.8, 4) is 0 Å². The molecule has 0 aliphatic carbocycles. The first kappa shape index (κ1) is 14.1. The molecule has 2 heterocycles. The molecule has 0 saturated carbocycles. The molecule has 1 fully saturated rings. The number of nitrogens with one attached hydrogen (secondary N) is 1. The number of carbonyl (C=O) groups is 2. The molecule has 0 aromatic carbocycles. The molecule has 19 heavy (non-hydrogen) atoms. The Morgan fingerprint density at radius 3 is 2.84 bits per heavy atom. The summed E-state index contributed by atoms with van der Waals surface area (Å²) in [7, 11) is 0. The third-order valence-corrected chi connectivity index (χ3v) is 3.78. The highest BCUT2D eigenvalue weighted by Gasteiger charge is 2.31. The summed E-state index contributed by atoms with van der Waals surface area (Å²) in [5, 5.41) is 2.76. The second-order valence-corrected chi connectivity index (χ2v) is 5.93. The Kier molecular flexibility index (Phi) is 3.99. The lowest BCUT2D eigenvalue weighted by Gasteiger charge is -2.33. The van der Waals surface area contributed by atoms with E-state index in [1.165, 1.54) is 0 Å². The van der Waals surface area contributed by atoms with E-state index < -0.39 is 6.04 Å². The maximum absolute atomic E-state index is 12.6. The van der Waals surface area contributed by atoms with Crippen molar-refractivity contribution >= 4 is 27.7 Å². The van der Waals surface area contributed by atoms with Crippen LogP contribution in [0.3, 0.4) is 0 Å². The molecule has 5 nitrogen and oxygen atoms in total. The molecule has 1 saturated heterocycles. The van der Waals surface area contributed by atoms with E-state index in [9.17, 15) is 9.59 Å². The second kappa shape index (κ2) is 5.36. The SMILES string of the molecule is CC1C(=O)NCCN1C(=O)c1cc(Br)cn1C(C)C. The number of halogens is 1. The Labute approximate surface area is 121 Å². The van der Waals surface area contributed by atoms with Crippen molar-refractivity contribution in [3.63, 3.8) is 0 Å². The van der Waals surface area contributed by atoms with E-state index in [2.05, 4.69) is 21.2 Å². The van der Waals surface area contributed by atoms with Gasteiger partial charge in [-0.3, -0.25) is 9.59 Å². The summed E-state index contributed by atoms with van der Waals surface area (Å²) in [6.45, 7) is 6.86. The first-order valence-corrected chi connectivity index (χ1v) is 7.17. The minimum atomic E-state index is -0.421. The lowest BCUT2D eigenvalue weighted by Crippen LogP contribution is -2.56. The van der Waals surface area contributed by atoms with Crippen molar-refractivity contribution in [2.75, 3.05) is 13.1 Å². The van der Waals surface area contributed by atoms with Gasteiger partial charge in [-0.2, -0.15) is 0 Å². The molecule has 1 atom stereocenters. The summed E-state index contributed by atoms with van der Waals surface area (Å²) < 4.78 is 2.80. The zero-order chi connectivity index (χ0) is 14.2. The molecule has 1 aliphatic rings. The van der Waals surface area contributed by atoms with E-state index in [4.69, 9.17) is 0 Å². The van der Waals surface area contributed by atoms with Crippen LogP contribution in [0.15, 0.2) is 16.7 Å². The van der Waals surface area contributed by atoms with E-state index in [1.54, 1.807) is 11.8 Å². The molecule has 0 spiro atoms. The van der Waals surface area contributed by atoms with Gasteiger partial charge in [-0.25, -0.2) is 0 Å². The summed E-state index contributed by atoms with van der Waals surface area (Å²) in [5.74, 6) is -0.192. The third kappa shape index (κ3) is 2.68. The van der Waals surface area contributed by atoms with Gasteiger partial charge in [0.2, 0.25) is 5.91 Å². The lowest BCUT2D eigenvalue weighted by molar-refractivity contribution is -0.127. The Bertz CT molecular complexity index is 510. The highest BCUT2D eigenvalue weighted by Crippen LogP contribution is 2.22.